The fourth-order valence-corrected chi connectivity index (χ4v) is 15.8. The van der Waals surface area contributed by atoms with Crippen LogP contribution in [0, 0.1) is 29.7 Å². The number of fused-ring (bicyclic) bond motifs is 8. The zero-order valence-corrected chi connectivity index (χ0v) is 75.2. The average Bonchev–Trinajstić information content (AvgIpc) is 1.57. The van der Waals surface area contributed by atoms with Gasteiger partial charge in [-0.15, -0.1) is 137 Å². The Morgan fingerprint density at radius 3 is 0.644 bits per heavy atom. The van der Waals surface area contributed by atoms with Gasteiger partial charge in [0.1, 0.15) is 0 Å². The summed E-state index contributed by atoms with van der Waals surface area (Å²) in [5.74, 6) is 0. The molecule has 0 aliphatic rings. The van der Waals surface area contributed by atoms with Crippen LogP contribution in [0.2, 0.25) is 39.3 Å². The van der Waals surface area contributed by atoms with Gasteiger partial charge in [-0.25, -0.2) is 0 Å². The fraction of sp³-hybridized carbons (Fsp3) is 0.149. The Morgan fingerprint density at radius 1 is 0.240 bits per heavy atom. The summed E-state index contributed by atoms with van der Waals surface area (Å²) in [6.45, 7) is 34.3. The van der Waals surface area contributed by atoms with E-state index >= 15 is 0 Å². The number of hydrogen-bond acceptors (Lipinski definition) is 0. The Balaban J connectivity index is 0.000000345. The van der Waals surface area contributed by atoms with Crippen LogP contribution in [0.1, 0.15) is 52.7 Å². The predicted octanol–water partition coefficient (Wildman–Crippen LogP) is 14.3. The molecule has 0 heterocycles. The molecular weight excluding hydrogens is 1570 g/mol. The Bertz CT molecular complexity index is 4720. The molecule has 104 heavy (non-hydrogen) atoms. The molecule has 10 heteroatoms. The van der Waals surface area contributed by atoms with Crippen molar-refractivity contribution in [2.24, 2.45) is 0 Å². The first-order chi connectivity index (χ1) is 46.2. The molecule has 16 aromatic rings. The molecule has 0 amide bonds. The number of halogens is 4. The average molecular weight is 1660 g/mol. The van der Waals surface area contributed by atoms with Gasteiger partial charge in [0.25, 0.3) is 0 Å². The second-order valence-electron chi connectivity index (χ2n) is 29.3. The van der Waals surface area contributed by atoms with Crippen molar-refractivity contribution < 1.29 is 96.3 Å². The number of hydrogen-bond donors (Lipinski definition) is 0. The van der Waals surface area contributed by atoms with E-state index in [0.29, 0.717) is 0 Å². The van der Waals surface area contributed by atoms with Crippen LogP contribution in [-0.2, 0) is 57.5 Å². The molecule has 0 bridgehead atoms. The van der Waals surface area contributed by atoms with Gasteiger partial charge in [-0.1, -0.05) is 297 Å². The van der Waals surface area contributed by atoms with Gasteiger partial charge in [-0.05, 0) is 76.2 Å². The molecule has 0 spiro atoms. The summed E-state index contributed by atoms with van der Waals surface area (Å²) in [6.07, 6.45) is 0. The molecule has 0 saturated heterocycles. The quantitative estimate of drug-likeness (QED) is 0.115. The van der Waals surface area contributed by atoms with E-state index in [1.807, 2.05) is 0 Å². The summed E-state index contributed by atoms with van der Waals surface area (Å²) in [7, 11) is -2.59. The molecule has 0 nitrogen and oxygen atoms in total. The van der Waals surface area contributed by atoms with Crippen molar-refractivity contribution >= 4 is 126 Å². The van der Waals surface area contributed by atoms with Crippen molar-refractivity contribution in [1.82, 2.24) is 0 Å². The van der Waals surface area contributed by atoms with Crippen LogP contribution in [0.25, 0.3) is 131 Å². The van der Waals surface area contributed by atoms with Gasteiger partial charge in [-0.3, -0.25) is 0 Å². The summed E-state index contributed by atoms with van der Waals surface area (Å²) < 4.78 is 0. The van der Waals surface area contributed by atoms with E-state index in [1.54, 1.807) is 10.4 Å². The van der Waals surface area contributed by atoms with Crippen LogP contribution in [0.15, 0.2) is 291 Å². The van der Waals surface area contributed by atoms with E-state index in [9.17, 15) is 0 Å². The first-order valence-electron chi connectivity index (χ1n) is 33.4. The Morgan fingerprint density at radius 2 is 0.423 bits per heavy atom. The molecule has 0 fully saturated rings. The molecule has 536 valence electrons. The summed E-state index contributed by atoms with van der Waals surface area (Å²) >= 11 is 2.71. The molecule has 0 atom stereocenters. The third kappa shape index (κ3) is 20.4. The van der Waals surface area contributed by atoms with E-state index in [-0.39, 0.29) is 90.2 Å². The summed E-state index contributed by atoms with van der Waals surface area (Å²) in [6, 6.07) is 107. The molecular formula is C94H96Cl4Si4Zr2-12. The summed E-state index contributed by atoms with van der Waals surface area (Å²) in [4.78, 5) is 0. The van der Waals surface area contributed by atoms with Gasteiger partial charge in [0.05, 0.1) is 16.1 Å². The van der Waals surface area contributed by atoms with Crippen molar-refractivity contribution in [1.29, 1.82) is 0 Å². The molecule has 16 aromatic carbocycles. The second kappa shape index (κ2) is 39.7. The minimum atomic E-state index is -1.29. The molecule has 0 N–H and O–H groups in total. The van der Waals surface area contributed by atoms with Crippen LogP contribution < -0.4 is 60.0 Å². The van der Waals surface area contributed by atoms with Gasteiger partial charge in [0.2, 0.25) is 0 Å². The molecule has 0 aliphatic carbocycles. The molecule has 16 rings (SSSR count). The van der Waals surface area contributed by atoms with Gasteiger partial charge in [-0.2, -0.15) is 24.3 Å². The monoisotopic (exact) mass is 1660 g/mol. The number of benzene rings is 12. The van der Waals surface area contributed by atoms with E-state index < -0.39 is 16.1 Å². The Hall–Kier alpha value is -6.09. The normalized spacial score (nSPS) is 10.8. The number of rotatable bonds is 6. The zero-order valence-electron chi connectivity index (χ0n) is 63.2. The van der Waals surface area contributed by atoms with Crippen LogP contribution in [-0.4, -0.2) is 29.9 Å². The van der Waals surface area contributed by atoms with Crippen molar-refractivity contribution in [3.63, 3.8) is 0 Å². The van der Waals surface area contributed by atoms with E-state index in [4.69, 9.17) is 0 Å². The summed E-state index contributed by atoms with van der Waals surface area (Å²) in [5.41, 5.74) is 13.8. The first kappa shape index (κ1) is 92.1. The Labute approximate surface area is 683 Å². The minimum absolute atomic E-state index is 0. The van der Waals surface area contributed by atoms with Gasteiger partial charge >= 0.3 is 60.4 Å². The molecule has 4 radical (unpaired) electrons. The molecule has 0 aromatic heterocycles. The standard InChI is InChI=1S/2C23H21.2C22H21Si.4CH3.4ClH.2Si.2Zr/c4*1-23(2,3)18-14-17-10-7-13-21(22(17)15-18)20-12-6-9-16-8-4-5-11-19(16)20;;;;;;;;;;;;/h4*4-15H,1-3H3;4*1H3;4*1H;;;;/q8*-1;;;;;;;;/p-4. The third-order valence-electron chi connectivity index (χ3n) is 18.8. The van der Waals surface area contributed by atoms with Crippen LogP contribution in [0.4, 0.5) is 0 Å². The second-order valence-corrected chi connectivity index (χ2v) is 39.5. The summed E-state index contributed by atoms with van der Waals surface area (Å²) in [5, 5.41) is 24.5. The third-order valence-corrected chi connectivity index (χ3v) is 22.8. The van der Waals surface area contributed by atoms with Crippen LogP contribution in [0.3, 0.4) is 0 Å². The molecule has 0 saturated carbocycles. The van der Waals surface area contributed by atoms with Gasteiger partial charge in [0.15, 0.2) is 0 Å². The van der Waals surface area contributed by atoms with Crippen molar-refractivity contribution in [2.45, 2.75) is 91.7 Å². The van der Waals surface area contributed by atoms with Crippen molar-refractivity contribution in [3.8, 4) is 44.5 Å². The van der Waals surface area contributed by atoms with Crippen LogP contribution >= 0.6 is 0 Å². The topological polar surface area (TPSA) is 0 Å². The maximum atomic E-state index is 3.06. The maximum absolute atomic E-state index is 3.06. The van der Waals surface area contributed by atoms with Gasteiger partial charge < -0.3 is 79.3 Å². The zero-order chi connectivity index (χ0) is 68.1. The first-order valence-corrected chi connectivity index (χ1v) is 48.8. The van der Waals surface area contributed by atoms with E-state index in [2.05, 4.69) is 386 Å². The fourth-order valence-electron chi connectivity index (χ4n) is 13.5. The van der Waals surface area contributed by atoms with Crippen LogP contribution in [0.5, 0.6) is 0 Å². The van der Waals surface area contributed by atoms with E-state index in [1.165, 1.54) is 188 Å². The molecule has 0 aliphatic heterocycles. The SMILES string of the molecule is CC(C)(C)c1cc2c(-c3cccc4ccccc34)cccc2[cH-]1.CC(C)(C)c1cc2c(-c3cccc4ccccc34)cccc2[cH-]1.C[Si](C)(C)c1cc2c(-c3cccc4ccccc34)cccc2[cH-]1.C[Si](C)(C)c1cc2c(-c3cccc4ccccc34)cccc2[cH-]1.[CH3-].[CH3-].[CH3-].[CH3-].[Cl-].[Cl-].[Cl-].[Cl-].[Si]=[Zr].[Si]=[Zr]. The van der Waals surface area contributed by atoms with Crippen molar-refractivity contribution in [3.05, 3.63) is 332 Å². The predicted molar refractivity (Wildman–Crippen MR) is 450 cm³/mol. The van der Waals surface area contributed by atoms with E-state index in [0.717, 1.165) is 0 Å². The van der Waals surface area contributed by atoms with Gasteiger partial charge in [0, 0.05) is 0 Å². The molecule has 0 unspecified atom stereocenters. The Kier molecular flexibility index (Phi) is 35.1. The van der Waals surface area contributed by atoms with Crippen molar-refractivity contribution in [2.75, 3.05) is 0 Å².